The molecule has 0 saturated carbocycles. The van der Waals surface area contributed by atoms with Crippen LogP contribution in [-0.2, 0) is 4.79 Å². The molecule has 8 heteroatoms. The molecular weight excluding hydrogens is 364 g/mol. The van der Waals surface area contributed by atoms with E-state index < -0.39 is 0 Å². The van der Waals surface area contributed by atoms with E-state index in [0.29, 0.717) is 5.69 Å². The van der Waals surface area contributed by atoms with Crippen LogP contribution in [0.2, 0.25) is 5.15 Å². The van der Waals surface area contributed by atoms with Crippen molar-refractivity contribution in [1.29, 1.82) is 0 Å². The molecule has 0 unspecified atom stereocenters. The van der Waals surface area contributed by atoms with Crippen molar-refractivity contribution >= 4 is 56.5 Å². The number of carbonyl (C=O) groups is 1. The van der Waals surface area contributed by atoms with Crippen LogP contribution in [-0.4, -0.2) is 26.1 Å². The van der Waals surface area contributed by atoms with Crippen molar-refractivity contribution in [1.82, 2.24) is 15.0 Å². The van der Waals surface area contributed by atoms with E-state index in [0.717, 1.165) is 15.2 Å². The highest BCUT2D eigenvalue weighted by atomic mass is 35.5. The van der Waals surface area contributed by atoms with Crippen LogP contribution in [0.4, 0.5) is 5.69 Å². The van der Waals surface area contributed by atoms with Crippen LogP contribution in [0.1, 0.15) is 17.4 Å². The van der Waals surface area contributed by atoms with Crippen molar-refractivity contribution in [2.45, 2.75) is 31.0 Å². The SMILES string of the molecule is Cc1sc2ncnc(S[C@H](C)C(=O)Nc3cccnc3Cl)c2c1C. The van der Waals surface area contributed by atoms with Crippen LogP contribution in [0.5, 0.6) is 0 Å². The van der Waals surface area contributed by atoms with Gasteiger partial charge in [0, 0.05) is 16.5 Å². The first-order valence-electron chi connectivity index (χ1n) is 7.26. The number of anilines is 1. The van der Waals surface area contributed by atoms with Gasteiger partial charge in [0.1, 0.15) is 16.2 Å². The molecule has 3 aromatic heterocycles. The third kappa shape index (κ3) is 3.38. The normalized spacial score (nSPS) is 12.3. The average Bonchev–Trinajstić information content (AvgIpc) is 2.85. The number of aromatic nitrogens is 3. The lowest BCUT2D eigenvalue weighted by atomic mass is 10.2. The van der Waals surface area contributed by atoms with E-state index in [9.17, 15) is 4.79 Å². The van der Waals surface area contributed by atoms with Gasteiger partial charge >= 0.3 is 0 Å². The Labute approximate surface area is 152 Å². The molecule has 1 amide bonds. The second kappa shape index (κ2) is 7.04. The third-order valence-corrected chi connectivity index (χ3v) is 6.12. The smallest absolute Gasteiger partial charge is 0.237 e. The van der Waals surface area contributed by atoms with Crippen LogP contribution in [0, 0.1) is 13.8 Å². The summed E-state index contributed by atoms with van der Waals surface area (Å²) in [6, 6.07) is 3.45. The zero-order valence-corrected chi connectivity index (χ0v) is 15.7. The van der Waals surface area contributed by atoms with E-state index in [1.54, 1.807) is 36.0 Å². The molecule has 5 nitrogen and oxygen atoms in total. The van der Waals surface area contributed by atoms with Crippen molar-refractivity contribution in [3.05, 3.63) is 40.3 Å². The van der Waals surface area contributed by atoms with E-state index in [1.807, 2.05) is 6.92 Å². The lowest BCUT2D eigenvalue weighted by molar-refractivity contribution is -0.115. The molecule has 0 aliphatic heterocycles. The van der Waals surface area contributed by atoms with Gasteiger partial charge in [-0.25, -0.2) is 15.0 Å². The number of halogens is 1. The molecule has 0 fully saturated rings. The maximum atomic E-state index is 12.4. The second-order valence-electron chi connectivity index (χ2n) is 5.23. The Balaban J connectivity index is 1.81. The van der Waals surface area contributed by atoms with E-state index >= 15 is 0 Å². The molecule has 1 N–H and O–H groups in total. The molecule has 0 spiro atoms. The number of fused-ring (bicyclic) bond motifs is 1. The predicted molar refractivity (Wildman–Crippen MR) is 100 cm³/mol. The summed E-state index contributed by atoms with van der Waals surface area (Å²) in [5.74, 6) is -0.147. The molecule has 124 valence electrons. The minimum absolute atomic E-state index is 0.147. The van der Waals surface area contributed by atoms with Crippen molar-refractivity contribution in [3.63, 3.8) is 0 Å². The molecule has 3 rings (SSSR count). The number of pyridine rings is 1. The fraction of sp³-hybridized carbons (Fsp3) is 0.250. The number of rotatable bonds is 4. The van der Waals surface area contributed by atoms with Crippen LogP contribution in [0.25, 0.3) is 10.2 Å². The van der Waals surface area contributed by atoms with Gasteiger partial charge in [-0.15, -0.1) is 11.3 Å². The van der Waals surface area contributed by atoms with Gasteiger partial charge < -0.3 is 5.32 Å². The van der Waals surface area contributed by atoms with Crippen molar-refractivity contribution in [2.75, 3.05) is 5.32 Å². The Bertz CT molecular complexity index is 912. The summed E-state index contributed by atoms with van der Waals surface area (Å²) in [5, 5.41) is 4.60. The summed E-state index contributed by atoms with van der Waals surface area (Å²) in [7, 11) is 0. The molecule has 0 radical (unpaired) electrons. The number of thiophene rings is 1. The Morgan fingerprint density at radius 3 is 2.88 bits per heavy atom. The number of thioether (sulfide) groups is 1. The fourth-order valence-electron chi connectivity index (χ4n) is 2.17. The minimum Gasteiger partial charge on any atom is -0.322 e. The molecule has 0 bridgehead atoms. The van der Waals surface area contributed by atoms with Crippen LogP contribution < -0.4 is 5.32 Å². The van der Waals surface area contributed by atoms with Gasteiger partial charge in [0.2, 0.25) is 5.91 Å². The monoisotopic (exact) mass is 378 g/mol. The molecule has 0 aromatic carbocycles. The van der Waals surface area contributed by atoms with Gasteiger partial charge in [-0.1, -0.05) is 23.4 Å². The first-order chi connectivity index (χ1) is 11.5. The van der Waals surface area contributed by atoms with Gasteiger partial charge in [0.25, 0.3) is 0 Å². The van der Waals surface area contributed by atoms with E-state index in [2.05, 4.69) is 34.1 Å². The Hall–Kier alpha value is -1.70. The number of hydrogen-bond acceptors (Lipinski definition) is 6. The van der Waals surface area contributed by atoms with Gasteiger partial charge in [0.05, 0.1) is 10.9 Å². The number of aryl methyl sites for hydroxylation is 2. The summed E-state index contributed by atoms with van der Waals surface area (Å²) < 4.78 is 0. The first kappa shape index (κ1) is 17.1. The zero-order chi connectivity index (χ0) is 17.3. The molecule has 0 aliphatic carbocycles. The highest BCUT2D eigenvalue weighted by molar-refractivity contribution is 8.00. The summed E-state index contributed by atoms with van der Waals surface area (Å²) in [5.41, 5.74) is 1.67. The Kier molecular flexibility index (Phi) is 5.03. The minimum atomic E-state index is -0.334. The predicted octanol–water partition coefficient (Wildman–Crippen LogP) is 4.48. The topological polar surface area (TPSA) is 67.8 Å². The fourth-order valence-corrected chi connectivity index (χ4v) is 4.38. The summed E-state index contributed by atoms with van der Waals surface area (Å²) in [6.07, 6.45) is 3.12. The summed E-state index contributed by atoms with van der Waals surface area (Å²) in [4.78, 5) is 27.2. The highest BCUT2D eigenvalue weighted by Crippen LogP contribution is 2.36. The van der Waals surface area contributed by atoms with E-state index in [-0.39, 0.29) is 16.3 Å². The number of amides is 1. The highest BCUT2D eigenvalue weighted by Gasteiger charge is 2.20. The molecular formula is C16H15ClN4OS2. The number of hydrogen-bond donors (Lipinski definition) is 1. The standard InChI is InChI=1S/C16H15ClN4OS2/c1-8-9(2)23-15-12(8)16(20-7-19-15)24-10(3)14(22)21-11-5-4-6-18-13(11)17/h4-7,10H,1-3H3,(H,21,22)/t10-/m1/s1. The van der Waals surface area contributed by atoms with Crippen molar-refractivity contribution in [2.24, 2.45) is 0 Å². The maximum absolute atomic E-state index is 12.4. The van der Waals surface area contributed by atoms with E-state index in [4.69, 9.17) is 11.6 Å². The average molecular weight is 379 g/mol. The van der Waals surface area contributed by atoms with Gasteiger partial charge in [0.15, 0.2) is 5.15 Å². The van der Waals surface area contributed by atoms with Crippen molar-refractivity contribution in [3.8, 4) is 0 Å². The van der Waals surface area contributed by atoms with Gasteiger partial charge in [-0.3, -0.25) is 4.79 Å². The van der Waals surface area contributed by atoms with Crippen molar-refractivity contribution < 1.29 is 4.79 Å². The van der Waals surface area contributed by atoms with Gasteiger partial charge in [-0.05, 0) is 38.5 Å². The Morgan fingerprint density at radius 1 is 1.33 bits per heavy atom. The maximum Gasteiger partial charge on any atom is 0.237 e. The molecule has 24 heavy (non-hydrogen) atoms. The van der Waals surface area contributed by atoms with Gasteiger partial charge in [-0.2, -0.15) is 0 Å². The first-order valence-corrected chi connectivity index (χ1v) is 9.33. The van der Waals surface area contributed by atoms with Crippen LogP contribution >= 0.6 is 34.7 Å². The zero-order valence-electron chi connectivity index (χ0n) is 13.3. The quantitative estimate of drug-likeness (QED) is 0.412. The molecule has 3 heterocycles. The van der Waals surface area contributed by atoms with E-state index in [1.165, 1.54) is 22.2 Å². The van der Waals surface area contributed by atoms with Crippen LogP contribution in [0.15, 0.2) is 29.7 Å². The lowest BCUT2D eigenvalue weighted by Gasteiger charge is -2.12. The molecule has 3 aromatic rings. The largest absolute Gasteiger partial charge is 0.322 e. The number of carbonyl (C=O) groups excluding carboxylic acids is 1. The molecule has 0 aliphatic rings. The Morgan fingerprint density at radius 2 is 2.12 bits per heavy atom. The summed E-state index contributed by atoms with van der Waals surface area (Å²) >= 11 is 9.04. The molecule has 0 saturated heterocycles. The second-order valence-corrected chi connectivity index (χ2v) is 8.12. The number of nitrogens with one attached hydrogen (secondary N) is 1. The number of nitrogens with zero attached hydrogens (tertiary/aromatic N) is 3. The summed E-state index contributed by atoms with van der Waals surface area (Å²) in [6.45, 7) is 5.96. The third-order valence-electron chi connectivity index (χ3n) is 3.61. The van der Waals surface area contributed by atoms with Crippen LogP contribution in [0.3, 0.4) is 0 Å². The molecule has 1 atom stereocenters. The lowest BCUT2D eigenvalue weighted by Crippen LogP contribution is -2.22.